The van der Waals surface area contributed by atoms with Gasteiger partial charge >= 0.3 is 0 Å². The zero-order valence-corrected chi connectivity index (χ0v) is 11.0. The van der Waals surface area contributed by atoms with Crippen LogP contribution in [0, 0.1) is 0 Å². The van der Waals surface area contributed by atoms with Crippen LogP contribution in [0.15, 0.2) is 18.2 Å². The summed E-state index contributed by atoms with van der Waals surface area (Å²) in [5.41, 5.74) is 7.27. The Morgan fingerprint density at radius 2 is 2.00 bits per heavy atom. The molecule has 0 heterocycles. The van der Waals surface area contributed by atoms with E-state index in [2.05, 4.69) is 0 Å². The second-order valence-corrected chi connectivity index (χ2v) is 5.44. The summed E-state index contributed by atoms with van der Waals surface area (Å²) >= 11 is 0. The molecule has 1 aliphatic rings. The highest BCUT2D eigenvalue weighted by Crippen LogP contribution is 2.43. The van der Waals surface area contributed by atoms with Gasteiger partial charge in [0.1, 0.15) is 11.9 Å². The van der Waals surface area contributed by atoms with E-state index in [-0.39, 0.29) is 11.2 Å². The van der Waals surface area contributed by atoms with Crippen LogP contribution in [0.5, 0.6) is 5.75 Å². The van der Waals surface area contributed by atoms with Gasteiger partial charge in [-0.2, -0.15) is 0 Å². The van der Waals surface area contributed by atoms with E-state index in [1.807, 2.05) is 0 Å². The maximum absolute atomic E-state index is 13.4. The fraction of sp³-hybridized carbons (Fsp3) is 0.600. The van der Waals surface area contributed by atoms with Crippen LogP contribution in [0.1, 0.15) is 56.3 Å². The minimum Gasteiger partial charge on any atom is -0.508 e. The zero-order chi connectivity index (χ0) is 13.2. The van der Waals surface area contributed by atoms with Crippen molar-refractivity contribution in [1.29, 1.82) is 0 Å². The molecule has 0 spiro atoms. The number of halogens is 1. The quantitative estimate of drug-likeness (QED) is 0.862. The number of phenols is 1. The van der Waals surface area contributed by atoms with Crippen molar-refractivity contribution in [3.63, 3.8) is 0 Å². The summed E-state index contributed by atoms with van der Waals surface area (Å²) in [6.07, 6.45) is 4.45. The van der Waals surface area contributed by atoms with Crippen molar-refractivity contribution in [1.82, 2.24) is 0 Å². The molecule has 3 N–H and O–H groups in total. The van der Waals surface area contributed by atoms with Crippen LogP contribution in [-0.4, -0.2) is 11.7 Å². The van der Waals surface area contributed by atoms with Gasteiger partial charge in [0.15, 0.2) is 0 Å². The molecule has 1 unspecified atom stereocenters. The Balaban J connectivity index is 2.43. The maximum atomic E-state index is 13.4. The number of alkyl halides is 1. The molecule has 1 aromatic carbocycles. The molecule has 0 aliphatic heterocycles. The van der Waals surface area contributed by atoms with Gasteiger partial charge in [0.25, 0.3) is 0 Å². The molecule has 3 heteroatoms. The molecule has 1 aromatic rings. The van der Waals surface area contributed by atoms with Crippen molar-refractivity contribution in [2.24, 2.45) is 5.73 Å². The molecule has 1 aliphatic carbocycles. The fourth-order valence-corrected chi connectivity index (χ4v) is 3.04. The maximum Gasteiger partial charge on any atom is 0.122 e. The summed E-state index contributed by atoms with van der Waals surface area (Å²) < 4.78 is 13.4. The molecule has 2 rings (SSSR count). The zero-order valence-electron chi connectivity index (χ0n) is 11.0. The SMILES string of the molecule is CC(F)c1ccc(O)c(C2(CN)CCCCC2)c1. The Labute approximate surface area is 108 Å². The first-order valence-corrected chi connectivity index (χ1v) is 6.76. The van der Waals surface area contributed by atoms with Crippen LogP contribution < -0.4 is 5.73 Å². The van der Waals surface area contributed by atoms with Gasteiger partial charge in [-0.15, -0.1) is 0 Å². The van der Waals surface area contributed by atoms with Gasteiger partial charge in [-0.1, -0.05) is 25.3 Å². The molecule has 0 radical (unpaired) electrons. The lowest BCUT2D eigenvalue weighted by molar-refractivity contribution is 0.289. The predicted molar refractivity (Wildman–Crippen MR) is 71.4 cm³/mol. The van der Waals surface area contributed by atoms with Crippen molar-refractivity contribution < 1.29 is 9.50 Å². The highest BCUT2D eigenvalue weighted by atomic mass is 19.1. The third kappa shape index (κ3) is 2.37. The summed E-state index contributed by atoms with van der Waals surface area (Å²) in [4.78, 5) is 0. The lowest BCUT2D eigenvalue weighted by Crippen LogP contribution is -2.37. The van der Waals surface area contributed by atoms with E-state index in [1.165, 1.54) is 13.3 Å². The molecule has 100 valence electrons. The molecular formula is C15H22FNO. The van der Waals surface area contributed by atoms with E-state index in [0.29, 0.717) is 12.1 Å². The minimum atomic E-state index is -1.01. The summed E-state index contributed by atoms with van der Waals surface area (Å²) in [5, 5.41) is 10.1. The molecule has 2 nitrogen and oxygen atoms in total. The average Bonchev–Trinajstić information content (AvgIpc) is 2.39. The Kier molecular flexibility index (Phi) is 3.91. The fourth-order valence-electron chi connectivity index (χ4n) is 3.04. The van der Waals surface area contributed by atoms with Crippen LogP contribution in [0.3, 0.4) is 0 Å². The highest BCUT2D eigenvalue weighted by molar-refractivity contribution is 5.43. The number of nitrogens with two attached hydrogens (primary N) is 1. The average molecular weight is 251 g/mol. The van der Waals surface area contributed by atoms with Crippen LogP contribution in [0.2, 0.25) is 0 Å². The van der Waals surface area contributed by atoms with Gasteiger partial charge in [0.2, 0.25) is 0 Å². The number of hydrogen-bond donors (Lipinski definition) is 2. The predicted octanol–water partition coefficient (Wildman–Crippen LogP) is 3.58. The number of rotatable bonds is 3. The topological polar surface area (TPSA) is 46.2 Å². The lowest BCUT2D eigenvalue weighted by atomic mass is 9.69. The highest BCUT2D eigenvalue weighted by Gasteiger charge is 2.34. The smallest absolute Gasteiger partial charge is 0.122 e. The van der Waals surface area contributed by atoms with E-state index in [9.17, 15) is 9.50 Å². The Bertz CT molecular complexity index is 411. The first kappa shape index (κ1) is 13.3. The van der Waals surface area contributed by atoms with Crippen molar-refractivity contribution in [3.05, 3.63) is 29.3 Å². The second-order valence-electron chi connectivity index (χ2n) is 5.44. The number of phenolic OH excluding ortho intramolecular Hbond substituents is 1. The third-order valence-corrected chi connectivity index (χ3v) is 4.25. The van der Waals surface area contributed by atoms with Gasteiger partial charge in [0, 0.05) is 17.5 Å². The second kappa shape index (κ2) is 5.27. The van der Waals surface area contributed by atoms with Gasteiger partial charge < -0.3 is 10.8 Å². The van der Waals surface area contributed by atoms with Crippen molar-refractivity contribution >= 4 is 0 Å². The van der Waals surface area contributed by atoms with Gasteiger partial charge in [-0.05, 0) is 37.5 Å². The Hall–Kier alpha value is -1.09. The first-order chi connectivity index (χ1) is 8.59. The summed E-state index contributed by atoms with van der Waals surface area (Å²) in [6, 6.07) is 5.06. The van der Waals surface area contributed by atoms with Crippen molar-refractivity contribution in [3.8, 4) is 5.75 Å². The minimum absolute atomic E-state index is 0.159. The van der Waals surface area contributed by atoms with Crippen LogP contribution in [-0.2, 0) is 5.41 Å². The molecule has 1 saturated carbocycles. The van der Waals surface area contributed by atoms with Crippen LogP contribution in [0.25, 0.3) is 0 Å². The van der Waals surface area contributed by atoms with E-state index < -0.39 is 6.17 Å². The molecule has 1 atom stereocenters. The Morgan fingerprint density at radius 3 is 2.56 bits per heavy atom. The summed E-state index contributed by atoms with van der Waals surface area (Å²) in [5.74, 6) is 0.256. The van der Waals surface area contributed by atoms with Crippen molar-refractivity contribution in [2.45, 2.75) is 50.6 Å². The summed E-state index contributed by atoms with van der Waals surface area (Å²) in [6.45, 7) is 2.04. The monoisotopic (exact) mass is 251 g/mol. The molecule has 0 bridgehead atoms. The first-order valence-electron chi connectivity index (χ1n) is 6.76. The molecular weight excluding hydrogens is 229 g/mol. The standard InChI is InChI=1S/C15H22FNO/c1-11(16)12-5-6-14(18)13(9-12)15(10-17)7-3-2-4-8-15/h5-6,9,11,18H,2-4,7-8,10,17H2,1H3. The third-order valence-electron chi connectivity index (χ3n) is 4.25. The van der Waals surface area contributed by atoms with Gasteiger partial charge in [0.05, 0.1) is 0 Å². The van der Waals surface area contributed by atoms with Gasteiger partial charge in [-0.25, -0.2) is 4.39 Å². The number of hydrogen-bond acceptors (Lipinski definition) is 2. The molecule has 0 amide bonds. The molecule has 1 fully saturated rings. The molecule has 0 aromatic heterocycles. The van der Waals surface area contributed by atoms with Crippen LogP contribution >= 0.6 is 0 Å². The largest absolute Gasteiger partial charge is 0.508 e. The lowest BCUT2D eigenvalue weighted by Gasteiger charge is -2.37. The van der Waals surface area contributed by atoms with E-state index in [0.717, 1.165) is 31.2 Å². The number of benzene rings is 1. The summed E-state index contributed by atoms with van der Waals surface area (Å²) in [7, 11) is 0. The molecule has 0 saturated heterocycles. The molecule has 18 heavy (non-hydrogen) atoms. The van der Waals surface area contributed by atoms with Crippen LogP contribution in [0.4, 0.5) is 4.39 Å². The van der Waals surface area contributed by atoms with E-state index >= 15 is 0 Å². The number of aromatic hydroxyl groups is 1. The normalized spacial score (nSPS) is 20.6. The van der Waals surface area contributed by atoms with E-state index in [1.54, 1.807) is 18.2 Å². The van der Waals surface area contributed by atoms with Crippen molar-refractivity contribution in [2.75, 3.05) is 6.54 Å². The Morgan fingerprint density at radius 1 is 1.33 bits per heavy atom. The van der Waals surface area contributed by atoms with E-state index in [4.69, 9.17) is 5.73 Å². The van der Waals surface area contributed by atoms with Gasteiger partial charge in [-0.3, -0.25) is 0 Å².